The van der Waals surface area contributed by atoms with Gasteiger partial charge >= 0.3 is 0 Å². The number of carbonyl (C=O) groups excluding carboxylic acids is 1. The molecule has 1 aromatic carbocycles. The van der Waals surface area contributed by atoms with Gasteiger partial charge in [-0.05, 0) is 18.2 Å². The molecule has 0 unspecified atom stereocenters. The van der Waals surface area contributed by atoms with Gasteiger partial charge in [0.1, 0.15) is 11.3 Å². The zero-order valence-corrected chi connectivity index (χ0v) is 12.1. The molecular formula is C17H17NO3. The Morgan fingerprint density at radius 2 is 2.00 bits per heavy atom. The van der Waals surface area contributed by atoms with Crippen molar-refractivity contribution in [3.8, 4) is 0 Å². The molecule has 0 bridgehead atoms. The number of amides is 1. The summed E-state index contributed by atoms with van der Waals surface area (Å²) < 4.78 is 11.0. The van der Waals surface area contributed by atoms with Crippen molar-refractivity contribution < 1.29 is 13.6 Å². The smallest absolute Gasteiger partial charge is 0.289 e. The summed E-state index contributed by atoms with van der Waals surface area (Å²) in [5.41, 5.74) is 1.93. The van der Waals surface area contributed by atoms with Gasteiger partial charge in [0.25, 0.3) is 5.91 Å². The zero-order valence-electron chi connectivity index (χ0n) is 12.1. The van der Waals surface area contributed by atoms with Gasteiger partial charge in [0.05, 0.1) is 6.26 Å². The van der Waals surface area contributed by atoms with Crippen molar-refractivity contribution in [1.82, 2.24) is 4.90 Å². The van der Waals surface area contributed by atoms with E-state index in [1.807, 2.05) is 24.3 Å². The molecule has 3 rings (SSSR count). The van der Waals surface area contributed by atoms with Crippen LogP contribution < -0.4 is 0 Å². The highest BCUT2D eigenvalue weighted by Gasteiger charge is 2.19. The van der Waals surface area contributed by atoms with Gasteiger partial charge in [-0.3, -0.25) is 4.79 Å². The van der Waals surface area contributed by atoms with Gasteiger partial charge in [-0.2, -0.15) is 0 Å². The second-order valence-electron chi connectivity index (χ2n) is 4.99. The maximum absolute atomic E-state index is 12.3. The Kier molecular flexibility index (Phi) is 3.52. The second-order valence-corrected chi connectivity index (χ2v) is 4.99. The lowest BCUT2D eigenvalue weighted by Crippen LogP contribution is -2.26. The molecule has 0 aliphatic rings. The topological polar surface area (TPSA) is 46.6 Å². The number of hydrogen-bond donors (Lipinski definition) is 0. The molecule has 0 spiro atoms. The van der Waals surface area contributed by atoms with Gasteiger partial charge < -0.3 is 13.7 Å². The molecule has 0 aliphatic carbocycles. The average Bonchev–Trinajstić information content (AvgIpc) is 3.14. The van der Waals surface area contributed by atoms with Crippen molar-refractivity contribution in [2.24, 2.45) is 0 Å². The van der Waals surface area contributed by atoms with Gasteiger partial charge in [0.15, 0.2) is 5.76 Å². The molecule has 0 saturated carbocycles. The minimum atomic E-state index is -0.132. The monoisotopic (exact) mass is 283 g/mol. The quantitative estimate of drug-likeness (QED) is 0.730. The molecule has 4 nitrogen and oxygen atoms in total. The first-order valence-corrected chi connectivity index (χ1v) is 6.99. The molecule has 2 aromatic heterocycles. The molecule has 3 aromatic rings. The normalized spacial score (nSPS) is 11.0. The molecule has 0 atom stereocenters. The fourth-order valence-electron chi connectivity index (χ4n) is 2.51. The van der Waals surface area contributed by atoms with Crippen LogP contribution in [0.4, 0.5) is 0 Å². The van der Waals surface area contributed by atoms with E-state index in [0.717, 1.165) is 28.7 Å². The van der Waals surface area contributed by atoms with Crippen molar-refractivity contribution >= 4 is 16.9 Å². The first kappa shape index (κ1) is 13.5. The van der Waals surface area contributed by atoms with E-state index in [0.29, 0.717) is 12.3 Å². The lowest BCUT2D eigenvalue weighted by atomic mass is 10.1. The maximum Gasteiger partial charge on any atom is 0.289 e. The standard InChI is InChI=1S/C17H17NO3/c1-3-14-13(12-7-4-5-8-15(12)21-14)11-18(2)17(19)16-9-6-10-20-16/h4-10H,3,11H2,1-2H3. The highest BCUT2D eigenvalue weighted by atomic mass is 16.3. The van der Waals surface area contributed by atoms with E-state index in [1.54, 1.807) is 24.1 Å². The summed E-state index contributed by atoms with van der Waals surface area (Å²) in [5, 5.41) is 1.06. The summed E-state index contributed by atoms with van der Waals surface area (Å²) >= 11 is 0. The van der Waals surface area contributed by atoms with Gasteiger partial charge in [-0.25, -0.2) is 0 Å². The third kappa shape index (κ3) is 2.44. The van der Waals surface area contributed by atoms with Gasteiger partial charge in [0, 0.05) is 31.0 Å². The molecular weight excluding hydrogens is 266 g/mol. The molecule has 0 N–H and O–H groups in total. The van der Waals surface area contributed by atoms with Crippen LogP contribution in [0.15, 0.2) is 51.5 Å². The molecule has 0 fully saturated rings. The Bertz CT molecular complexity index is 756. The van der Waals surface area contributed by atoms with E-state index in [9.17, 15) is 4.79 Å². The second kappa shape index (κ2) is 5.48. The van der Waals surface area contributed by atoms with Crippen LogP contribution in [-0.2, 0) is 13.0 Å². The first-order chi connectivity index (χ1) is 10.2. The van der Waals surface area contributed by atoms with Crippen molar-refractivity contribution in [3.05, 3.63) is 59.7 Å². The van der Waals surface area contributed by atoms with Gasteiger partial charge in [-0.1, -0.05) is 25.1 Å². The van der Waals surface area contributed by atoms with Crippen LogP contribution in [0.5, 0.6) is 0 Å². The van der Waals surface area contributed by atoms with Crippen LogP contribution >= 0.6 is 0 Å². The number of furan rings is 2. The summed E-state index contributed by atoms with van der Waals surface area (Å²) in [6.45, 7) is 2.55. The number of fused-ring (bicyclic) bond motifs is 1. The van der Waals surface area contributed by atoms with Crippen molar-refractivity contribution in [1.29, 1.82) is 0 Å². The van der Waals surface area contributed by atoms with Crippen molar-refractivity contribution in [3.63, 3.8) is 0 Å². The summed E-state index contributed by atoms with van der Waals surface area (Å²) in [7, 11) is 1.77. The predicted molar refractivity (Wildman–Crippen MR) is 80.1 cm³/mol. The number of benzene rings is 1. The SMILES string of the molecule is CCc1oc2ccccc2c1CN(C)C(=O)c1ccco1. The molecule has 4 heteroatoms. The van der Waals surface area contributed by atoms with Crippen LogP contribution in [0.25, 0.3) is 11.0 Å². The fraction of sp³-hybridized carbons (Fsp3) is 0.235. The maximum atomic E-state index is 12.3. The van der Waals surface area contributed by atoms with Crippen LogP contribution in [-0.4, -0.2) is 17.9 Å². The minimum Gasteiger partial charge on any atom is -0.461 e. The van der Waals surface area contributed by atoms with Crippen LogP contribution in [0.3, 0.4) is 0 Å². The molecule has 0 saturated heterocycles. The lowest BCUT2D eigenvalue weighted by molar-refractivity contribution is 0.0753. The largest absolute Gasteiger partial charge is 0.461 e. The third-order valence-electron chi connectivity index (χ3n) is 3.58. The number of hydrogen-bond acceptors (Lipinski definition) is 3. The Labute approximate surface area is 123 Å². The highest BCUT2D eigenvalue weighted by Crippen LogP contribution is 2.27. The molecule has 1 amide bonds. The van der Waals surface area contributed by atoms with Crippen LogP contribution in [0, 0.1) is 0 Å². The Balaban J connectivity index is 1.92. The van der Waals surface area contributed by atoms with E-state index >= 15 is 0 Å². The summed E-state index contributed by atoms with van der Waals surface area (Å²) in [6.07, 6.45) is 2.30. The summed E-state index contributed by atoms with van der Waals surface area (Å²) in [4.78, 5) is 13.9. The van der Waals surface area contributed by atoms with Crippen molar-refractivity contribution in [2.75, 3.05) is 7.05 Å². The molecule has 108 valence electrons. The number of para-hydroxylation sites is 1. The number of nitrogens with zero attached hydrogens (tertiary/aromatic N) is 1. The van der Waals surface area contributed by atoms with Crippen LogP contribution in [0.2, 0.25) is 0 Å². The van der Waals surface area contributed by atoms with E-state index in [1.165, 1.54) is 6.26 Å². The van der Waals surface area contributed by atoms with E-state index in [-0.39, 0.29) is 5.91 Å². The molecule has 2 heterocycles. The Morgan fingerprint density at radius 3 is 2.71 bits per heavy atom. The summed E-state index contributed by atoms with van der Waals surface area (Å²) in [5.74, 6) is 1.14. The number of aryl methyl sites for hydroxylation is 1. The van der Waals surface area contributed by atoms with E-state index in [4.69, 9.17) is 8.83 Å². The predicted octanol–water partition coefficient (Wildman–Crippen LogP) is 3.86. The lowest BCUT2D eigenvalue weighted by Gasteiger charge is -2.15. The first-order valence-electron chi connectivity index (χ1n) is 6.99. The van der Waals surface area contributed by atoms with Crippen LogP contribution in [0.1, 0.15) is 28.8 Å². The zero-order chi connectivity index (χ0) is 14.8. The van der Waals surface area contributed by atoms with E-state index < -0.39 is 0 Å². The van der Waals surface area contributed by atoms with Crippen molar-refractivity contribution in [2.45, 2.75) is 19.9 Å². The third-order valence-corrected chi connectivity index (χ3v) is 3.58. The Hall–Kier alpha value is -2.49. The highest BCUT2D eigenvalue weighted by molar-refractivity contribution is 5.91. The number of carbonyl (C=O) groups is 1. The summed E-state index contributed by atoms with van der Waals surface area (Å²) in [6, 6.07) is 11.3. The molecule has 0 radical (unpaired) electrons. The van der Waals surface area contributed by atoms with E-state index in [2.05, 4.69) is 6.92 Å². The minimum absolute atomic E-state index is 0.132. The fourth-order valence-corrected chi connectivity index (χ4v) is 2.51. The number of rotatable bonds is 4. The Morgan fingerprint density at radius 1 is 1.19 bits per heavy atom. The van der Waals surface area contributed by atoms with Gasteiger partial charge in [0.2, 0.25) is 0 Å². The van der Waals surface area contributed by atoms with Gasteiger partial charge in [-0.15, -0.1) is 0 Å². The molecule has 21 heavy (non-hydrogen) atoms. The average molecular weight is 283 g/mol. The molecule has 0 aliphatic heterocycles.